The minimum absolute atomic E-state index is 0.0180. The fourth-order valence-electron chi connectivity index (χ4n) is 4.27. The molecule has 2 aliphatic rings. The molecule has 164 valence electrons. The number of carbonyl (C=O) groups excluding carboxylic acids is 2. The van der Waals surface area contributed by atoms with Gasteiger partial charge in [0.05, 0.1) is 16.5 Å². The third kappa shape index (κ3) is 4.05. The Morgan fingerprint density at radius 2 is 2.00 bits per heavy atom. The number of para-hydroxylation sites is 1. The number of halogens is 2. The number of amides is 1. The van der Waals surface area contributed by atoms with E-state index in [1.54, 1.807) is 36.6 Å². The van der Waals surface area contributed by atoms with Gasteiger partial charge in [-0.15, -0.1) is 0 Å². The van der Waals surface area contributed by atoms with Gasteiger partial charge in [-0.2, -0.15) is 0 Å². The van der Waals surface area contributed by atoms with E-state index in [-0.39, 0.29) is 17.6 Å². The molecule has 0 saturated carbocycles. The van der Waals surface area contributed by atoms with Crippen molar-refractivity contribution in [3.05, 3.63) is 87.4 Å². The number of ketones is 1. The van der Waals surface area contributed by atoms with Gasteiger partial charge < -0.3 is 10.6 Å². The topological polar surface area (TPSA) is 70.6 Å². The van der Waals surface area contributed by atoms with E-state index in [1.807, 2.05) is 50.3 Å². The normalized spacial score (nSPS) is 24.1. The van der Waals surface area contributed by atoms with Crippen molar-refractivity contribution < 1.29 is 9.59 Å². The van der Waals surface area contributed by atoms with E-state index in [9.17, 15) is 9.59 Å². The second-order valence-corrected chi connectivity index (χ2v) is 9.47. The second kappa shape index (κ2) is 9.04. The highest BCUT2D eigenvalue weighted by atomic mass is 79.9. The van der Waals surface area contributed by atoms with E-state index in [0.717, 1.165) is 11.3 Å². The number of nitrogens with zero attached hydrogens (tertiary/aromatic N) is 1. The number of benzene rings is 2. The molecule has 0 bridgehead atoms. The minimum atomic E-state index is -0.887. The number of hydrogen-bond donors (Lipinski definition) is 2. The van der Waals surface area contributed by atoms with Gasteiger partial charge in [0.2, 0.25) is 0 Å². The first-order valence-corrected chi connectivity index (χ1v) is 11.5. The van der Waals surface area contributed by atoms with E-state index >= 15 is 0 Å². The van der Waals surface area contributed by atoms with Crippen LogP contribution in [-0.4, -0.2) is 30.1 Å². The molecule has 4 rings (SSSR count). The predicted octanol–water partition coefficient (Wildman–Crippen LogP) is 5.41. The van der Waals surface area contributed by atoms with Crippen molar-refractivity contribution in [3.8, 4) is 0 Å². The smallest absolute Gasteiger partial charge is 0.253 e. The van der Waals surface area contributed by atoms with Crippen LogP contribution in [0.25, 0.3) is 0 Å². The molecule has 2 aromatic rings. The Morgan fingerprint density at radius 1 is 1.22 bits per heavy atom. The lowest BCUT2D eigenvalue weighted by Crippen LogP contribution is -2.58. The number of rotatable bonds is 4. The summed E-state index contributed by atoms with van der Waals surface area (Å²) >= 11 is 9.45. The largest absolute Gasteiger partial charge is 0.376 e. The Labute approximate surface area is 200 Å². The van der Waals surface area contributed by atoms with Gasteiger partial charge in [0.25, 0.3) is 5.91 Å². The number of hydrogen-bond acceptors (Lipinski definition) is 4. The SMILES string of the molecule is CC(C)C1(C2Nc3ccccc3C=N[C@H]2NC(=O)c2ccc(Cl)c(Br)c2)C=CC=CC1=O. The van der Waals surface area contributed by atoms with Crippen LogP contribution < -0.4 is 10.6 Å². The summed E-state index contributed by atoms with van der Waals surface area (Å²) in [7, 11) is 0. The van der Waals surface area contributed by atoms with Crippen LogP contribution in [0.3, 0.4) is 0 Å². The number of aliphatic imine (C=N–C) groups is 1. The molecule has 7 heteroatoms. The number of fused-ring (bicyclic) bond motifs is 1. The molecular weight excluding hydrogens is 490 g/mol. The van der Waals surface area contributed by atoms with Crippen LogP contribution >= 0.6 is 27.5 Å². The molecule has 0 aromatic heterocycles. The fraction of sp³-hybridized carbons (Fsp3) is 0.240. The lowest BCUT2D eigenvalue weighted by atomic mass is 9.65. The highest BCUT2D eigenvalue weighted by molar-refractivity contribution is 9.10. The molecule has 0 saturated heterocycles. The van der Waals surface area contributed by atoms with E-state index in [0.29, 0.717) is 15.1 Å². The molecule has 32 heavy (non-hydrogen) atoms. The van der Waals surface area contributed by atoms with Gasteiger partial charge in [-0.3, -0.25) is 14.6 Å². The molecule has 0 fully saturated rings. The van der Waals surface area contributed by atoms with Crippen LogP contribution in [0.15, 0.2) is 76.2 Å². The summed E-state index contributed by atoms with van der Waals surface area (Å²) in [5, 5.41) is 7.08. The summed E-state index contributed by atoms with van der Waals surface area (Å²) in [6.07, 6.45) is 8.21. The summed E-state index contributed by atoms with van der Waals surface area (Å²) < 4.78 is 0.632. The zero-order valence-electron chi connectivity index (χ0n) is 17.7. The van der Waals surface area contributed by atoms with Crippen molar-refractivity contribution in [1.29, 1.82) is 0 Å². The van der Waals surface area contributed by atoms with Crippen molar-refractivity contribution >= 4 is 51.1 Å². The van der Waals surface area contributed by atoms with Gasteiger partial charge in [-0.1, -0.05) is 61.9 Å². The summed E-state index contributed by atoms with van der Waals surface area (Å²) in [6, 6.07) is 12.3. The maximum atomic E-state index is 13.3. The van der Waals surface area contributed by atoms with Gasteiger partial charge in [-0.25, -0.2) is 0 Å². The Hall–Kier alpha value is -2.70. The minimum Gasteiger partial charge on any atom is -0.376 e. The molecular formula is C25H23BrClN3O2. The van der Waals surface area contributed by atoms with Gasteiger partial charge in [0, 0.05) is 27.5 Å². The molecule has 1 aliphatic carbocycles. The number of anilines is 1. The van der Waals surface area contributed by atoms with Crippen LogP contribution in [0.1, 0.15) is 29.8 Å². The highest BCUT2D eigenvalue weighted by Crippen LogP contribution is 2.41. The molecule has 2 unspecified atom stereocenters. The third-order valence-electron chi connectivity index (χ3n) is 6.05. The van der Waals surface area contributed by atoms with Gasteiger partial charge in [-0.05, 0) is 52.2 Å². The Kier molecular flexibility index (Phi) is 6.35. The van der Waals surface area contributed by atoms with Crippen molar-refractivity contribution in [2.45, 2.75) is 26.1 Å². The van der Waals surface area contributed by atoms with E-state index in [4.69, 9.17) is 16.6 Å². The first-order chi connectivity index (χ1) is 15.3. The second-order valence-electron chi connectivity index (χ2n) is 8.20. The van der Waals surface area contributed by atoms with E-state index in [1.165, 1.54) is 0 Å². The first-order valence-electron chi connectivity index (χ1n) is 10.4. The van der Waals surface area contributed by atoms with Crippen molar-refractivity contribution in [2.24, 2.45) is 16.3 Å². The molecule has 2 N–H and O–H groups in total. The number of nitrogens with one attached hydrogen (secondary N) is 2. The van der Waals surface area contributed by atoms with Crippen molar-refractivity contribution in [1.82, 2.24) is 5.32 Å². The van der Waals surface area contributed by atoms with Gasteiger partial charge >= 0.3 is 0 Å². The van der Waals surface area contributed by atoms with Crippen molar-refractivity contribution in [3.63, 3.8) is 0 Å². The average Bonchev–Trinajstić information content (AvgIpc) is 2.96. The standard InChI is InChI=1S/C25H23BrClN3O2/c1-15(2)25(12-6-5-9-21(25)31)22-23(28-14-17-7-3-4-8-20(17)29-22)30-24(32)16-10-11-19(27)18(26)13-16/h3-15,22-23,29H,1-2H3,(H,30,32)/t22?,23-,25?/m0/s1. The lowest BCUT2D eigenvalue weighted by molar-refractivity contribution is -0.124. The Morgan fingerprint density at radius 3 is 2.72 bits per heavy atom. The molecule has 1 amide bonds. The average molecular weight is 513 g/mol. The van der Waals surface area contributed by atoms with E-state index < -0.39 is 17.6 Å². The number of allylic oxidation sites excluding steroid dienone is 3. The summed E-state index contributed by atoms with van der Waals surface area (Å²) in [6.45, 7) is 4.03. The van der Waals surface area contributed by atoms with Crippen LogP contribution in [0.4, 0.5) is 5.69 Å². The molecule has 3 atom stereocenters. The molecule has 5 nitrogen and oxygen atoms in total. The lowest BCUT2D eigenvalue weighted by Gasteiger charge is -2.43. The van der Waals surface area contributed by atoms with Crippen LogP contribution in [-0.2, 0) is 4.79 Å². The summed E-state index contributed by atoms with van der Waals surface area (Å²) in [5.74, 6) is -0.363. The molecule has 0 radical (unpaired) electrons. The predicted molar refractivity (Wildman–Crippen MR) is 132 cm³/mol. The quantitative estimate of drug-likeness (QED) is 0.575. The third-order valence-corrected chi connectivity index (χ3v) is 7.26. The molecule has 1 aliphatic heterocycles. The molecule has 0 spiro atoms. The molecule has 2 aromatic carbocycles. The molecule has 1 heterocycles. The van der Waals surface area contributed by atoms with Crippen LogP contribution in [0.5, 0.6) is 0 Å². The zero-order valence-corrected chi connectivity index (χ0v) is 20.0. The van der Waals surface area contributed by atoms with Crippen molar-refractivity contribution in [2.75, 3.05) is 5.32 Å². The first kappa shape index (κ1) is 22.5. The highest BCUT2D eigenvalue weighted by Gasteiger charge is 2.50. The van der Waals surface area contributed by atoms with Gasteiger partial charge in [0.1, 0.15) is 6.17 Å². The van der Waals surface area contributed by atoms with Crippen LogP contribution in [0.2, 0.25) is 5.02 Å². The maximum absolute atomic E-state index is 13.3. The number of benzodiazepines with no additional fused rings is 1. The Balaban J connectivity index is 1.76. The maximum Gasteiger partial charge on any atom is 0.253 e. The van der Waals surface area contributed by atoms with Gasteiger partial charge in [0.15, 0.2) is 5.78 Å². The summed E-state index contributed by atoms with van der Waals surface area (Å²) in [4.78, 5) is 31.2. The van der Waals surface area contributed by atoms with E-state index in [2.05, 4.69) is 26.6 Å². The summed E-state index contributed by atoms with van der Waals surface area (Å²) in [5.41, 5.74) is 1.32. The van der Waals surface area contributed by atoms with Crippen LogP contribution in [0, 0.1) is 11.3 Å². The zero-order chi connectivity index (χ0) is 22.9. The number of carbonyl (C=O) groups is 2. The monoisotopic (exact) mass is 511 g/mol. The Bertz CT molecular complexity index is 1160. The fourth-order valence-corrected chi connectivity index (χ4v) is 4.76.